The first kappa shape index (κ1) is 10.6. The molecule has 82 valence electrons. The van der Waals surface area contributed by atoms with E-state index in [1.165, 1.54) is 24.0 Å². The highest BCUT2D eigenvalue weighted by Gasteiger charge is 2.25. The van der Waals surface area contributed by atoms with E-state index >= 15 is 0 Å². The summed E-state index contributed by atoms with van der Waals surface area (Å²) in [6, 6.07) is 3.56. The van der Waals surface area contributed by atoms with Crippen LogP contribution in [-0.2, 0) is 0 Å². The van der Waals surface area contributed by atoms with Gasteiger partial charge in [0.05, 0.1) is 0 Å². The minimum Gasteiger partial charge on any atom is -0.311 e. The predicted octanol–water partition coefficient (Wildman–Crippen LogP) is 2.63. The largest absolute Gasteiger partial charge is 0.311 e. The molecule has 1 heterocycles. The van der Waals surface area contributed by atoms with Crippen molar-refractivity contribution in [3.05, 3.63) is 29.6 Å². The van der Waals surface area contributed by atoms with E-state index in [9.17, 15) is 0 Å². The Bertz CT molecular complexity index is 331. The van der Waals surface area contributed by atoms with Crippen LogP contribution in [0.15, 0.2) is 18.5 Å². The molecule has 1 aliphatic rings. The SMILES string of the molecule is Cc1cncc(C(C)C(C)NC2CC2)c1. The van der Waals surface area contributed by atoms with Crippen molar-refractivity contribution in [3.8, 4) is 0 Å². The fraction of sp³-hybridized carbons (Fsp3) is 0.615. The Kier molecular flexibility index (Phi) is 3.06. The molecule has 0 bridgehead atoms. The van der Waals surface area contributed by atoms with Gasteiger partial charge in [-0.25, -0.2) is 0 Å². The summed E-state index contributed by atoms with van der Waals surface area (Å²) in [6.07, 6.45) is 6.60. The van der Waals surface area contributed by atoms with Gasteiger partial charge in [-0.05, 0) is 43.7 Å². The number of nitrogens with zero attached hydrogens (tertiary/aromatic N) is 1. The van der Waals surface area contributed by atoms with Crippen molar-refractivity contribution in [2.24, 2.45) is 0 Å². The van der Waals surface area contributed by atoms with E-state index in [2.05, 4.69) is 37.1 Å². The van der Waals surface area contributed by atoms with Crippen LogP contribution in [0.1, 0.15) is 43.7 Å². The van der Waals surface area contributed by atoms with E-state index in [-0.39, 0.29) is 0 Å². The minimum absolute atomic E-state index is 0.540. The Balaban J connectivity index is 2.01. The lowest BCUT2D eigenvalue weighted by molar-refractivity contribution is 0.477. The second kappa shape index (κ2) is 4.31. The van der Waals surface area contributed by atoms with E-state index in [0.717, 1.165) is 6.04 Å². The molecule has 0 amide bonds. The van der Waals surface area contributed by atoms with Crippen molar-refractivity contribution in [3.63, 3.8) is 0 Å². The van der Waals surface area contributed by atoms with Crippen LogP contribution in [0.3, 0.4) is 0 Å². The number of hydrogen-bond acceptors (Lipinski definition) is 2. The van der Waals surface area contributed by atoms with E-state index in [1.54, 1.807) is 0 Å². The maximum Gasteiger partial charge on any atom is 0.0303 e. The average Bonchev–Trinajstić information content (AvgIpc) is 3.00. The molecular formula is C13H20N2. The van der Waals surface area contributed by atoms with Crippen LogP contribution in [0, 0.1) is 6.92 Å². The highest BCUT2D eigenvalue weighted by molar-refractivity contribution is 5.21. The summed E-state index contributed by atoms with van der Waals surface area (Å²) < 4.78 is 0. The van der Waals surface area contributed by atoms with Crippen molar-refractivity contribution in [1.29, 1.82) is 0 Å². The minimum atomic E-state index is 0.540. The van der Waals surface area contributed by atoms with Gasteiger partial charge in [-0.1, -0.05) is 13.0 Å². The summed E-state index contributed by atoms with van der Waals surface area (Å²) in [7, 11) is 0. The van der Waals surface area contributed by atoms with Gasteiger partial charge in [-0.15, -0.1) is 0 Å². The fourth-order valence-corrected chi connectivity index (χ4v) is 1.88. The number of aryl methyl sites for hydroxylation is 1. The highest BCUT2D eigenvalue weighted by atomic mass is 15.0. The van der Waals surface area contributed by atoms with Crippen LogP contribution >= 0.6 is 0 Å². The summed E-state index contributed by atoms with van der Waals surface area (Å²) in [4.78, 5) is 4.25. The second-order valence-electron chi connectivity index (χ2n) is 4.81. The number of nitrogens with one attached hydrogen (secondary N) is 1. The fourth-order valence-electron chi connectivity index (χ4n) is 1.88. The van der Waals surface area contributed by atoms with Gasteiger partial charge in [0.15, 0.2) is 0 Å². The van der Waals surface area contributed by atoms with Crippen molar-refractivity contribution < 1.29 is 0 Å². The molecule has 0 spiro atoms. The summed E-state index contributed by atoms with van der Waals surface area (Å²) in [5.74, 6) is 0.540. The standard InChI is InChI=1S/C13H20N2/c1-9-6-12(8-14-7-9)10(2)11(3)15-13-4-5-13/h6-8,10-11,13,15H,4-5H2,1-3H3. The predicted molar refractivity (Wildman–Crippen MR) is 63.0 cm³/mol. The summed E-state index contributed by atoms with van der Waals surface area (Å²) in [5, 5.41) is 3.64. The molecule has 2 atom stereocenters. The zero-order chi connectivity index (χ0) is 10.8. The zero-order valence-electron chi connectivity index (χ0n) is 9.83. The molecule has 0 saturated heterocycles. The second-order valence-corrected chi connectivity index (χ2v) is 4.81. The Labute approximate surface area is 92.1 Å². The van der Waals surface area contributed by atoms with Crippen LogP contribution in [0.2, 0.25) is 0 Å². The van der Waals surface area contributed by atoms with Gasteiger partial charge in [0.1, 0.15) is 0 Å². The van der Waals surface area contributed by atoms with Gasteiger partial charge < -0.3 is 5.32 Å². The highest BCUT2D eigenvalue weighted by Crippen LogP contribution is 2.24. The Morgan fingerprint density at radius 2 is 2.07 bits per heavy atom. The lowest BCUT2D eigenvalue weighted by atomic mass is 9.95. The molecule has 0 aromatic carbocycles. The Hall–Kier alpha value is -0.890. The molecule has 1 aromatic heterocycles. The Morgan fingerprint density at radius 3 is 2.67 bits per heavy atom. The van der Waals surface area contributed by atoms with Crippen LogP contribution in [0.25, 0.3) is 0 Å². The molecule has 2 unspecified atom stereocenters. The van der Waals surface area contributed by atoms with Gasteiger partial charge in [0.25, 0.3) is 0 Å². The van der Waals surface area contributed by atoms with Gasteiger partial charge in [0, 0.05) is 24.5 Å². The molecule has 0 aliphatic heterocycles. The first-order valence-electron chi connectivity index (χ1n) is 5.84. The quantitative estimate of drug-likeness (QED) is 0.815. The lowest BCUT2D eigenvalue weighted by Gasteiger charge is -2.21. The lowest BCUT2D eigenvalue weighted by Crippen LogP contribution is -2.32. The normalized spacial score (nSPS) is 19.9. The molecule has 2 heteroatoms. The third-order valence-corrected chi connectivity index (χ3v) is 3.25. The van der Waals surface area contributed by atoms with Gasteiger partial charge in [0.2, 0.25) is 0 Å². The van der Waals surface area contributed by atoms with Crippen molar-refractivity contribution >= 4 is 0 Å². The molecule has 2 nitrogen and oxygen atoms in total. The maximum atomic E-state index is 4.25. The first-order chi connectivity index (χ1) is 7.16. The molecule has 1 aliphatic carbocycles. The van der Waals surface area contributed by atoms with Crippen LogP contribution in [-0.4, -0.2) is 17.1 Å². The van der Waals surface area contributed by atoms with Gasteiger partial charge in [-0.3, -0.25) is 4.98 Å². The van der Waals surface area contributed by atoms with E-state index in [4.69, 9.17) is 0 Å². The molecule has 1 N–H and O–H groups in total. The van der Waals surface area contributed by atoms with Crippen molar-refractivity contribution in [2.45, 2.75) is 51.6 Å². The van der Waals surface area contributed by atoms with Crippen LogP contribution in [0.5, 0.6) is 0 Å². The summed E-state index contributed by atoms with van der Waals surface area (Å²) >= 11 is 0. The molecule has 1 saturated carbocycles. The molecule has 1 fully saturated rings. The van der Waals surface area contributed by atoms with Crippen LogP contribution in [0.4, 0.5) is 0 Å². The third-order valence-electron chi connectivity index (χ3n) is 3.25. The van der Waals surface area contributed by atoms with Gasteiger partial charge >= 0.3 is 0 Å². The van der Waals surface area contributed by atoms with Crippen molar-refractivity contribution in [1.82, 2.24) is 10.3 Å². The number of aromatic nitrogens is 1. The zero-order valence-corrected chi connectivity index (χ0v) is 9.83. The molecule has 0 radical (unpaired) electrons. The topological polar surface area (TPSA) is 24.9 Å². The number of hydrogen-bond donors (Lipinski definition) is 1. The average molecular weight is 204 g/mol. The molecule has 15 heavy (non-hydrogen) atoms. The number of pyridine rings is 1. The molecular weight excluding hydrogens is 184 g/mol. The monoisotopic (exact) mass is 204 g/mol. The van der Waals surface area contributed by atoms with Crippen molar-refractivity contribution in [2.75, 3.05) is 0 Å². The van der Waals surface area contributed by atoms with E-state index < -0.39 is 0 Å². The smallest absolute Gasteiger partial charge is 0.0303 e. The Morgan fingerprint density at radius 1 is 1.33 bits per heavy atom. The van der Waals surface area contributed by atoms with Crippen LogP contribution < -0.4 is 5.32 Å². The van der Waals surface area contributed by atoms with E-state index in [0.29, 0.717) is 12.0 Å². The molecule has 1 aromatic rings. The van der Waals surface area contributed by atoms with E-state index in [1.807, 2.05) is 12.4 Å². The molecule has 2 rings (SSSR count). The third kappa shape index (κ3) is 2.78. The number of rotatable bonds is 4. The van der Waals surface area contributed by atoms with Gasteiger partial charge in [-0.2, -0.15) is 0 Å². The first-order valence-corrected chi connectivity index (χ1v) is 5.84. The maximum absolute atomic E-state index is 4.25. The summed E-state index contributed by atoms with van der Waals surface area (Å²) in [5.41, 5.74) is 2.59. The summed E-state index contributed by atoms with van der Waals surface area (Å²) in [6.45, 7) is 6.64.